The predicted octanol–water partition coefficient (Wildman–Crippen LogP) is 2.42. The maximum Gasteiger partial charge on any atom is 0.332 e. The lowest BCUT2D eigenvalue weighted by Crippen LogP contribution is -2.40. The Morgan fingerprint density at radius 1 is 1.14 bits per heavy atom. The van der Waals surface area contributed by atoms with E-state index in [-0.39, 0.29) is 17.2 Å². The molecule has 4 aromatic rings. The van der Waals surface area contributed by atoms with E-state index >= 15 is 0 Å². The van der Waals surface area contributed by atoms with Gasteiger partial charge in [-0.3, -0.25) is 22.9 Å². The van der Waals surface area contributed by atoms with Gasteiger partial charge in [-0.15, -0.1) is 0 Å². The van der Waals surface area contributed by atoms with Crippen molar-refractivity contribution in [3.05, 3.63) is 56.5 Å². The predicted molar refractivity (Wildman–Crippen MR) is 112 cm³/mol. The summed E-state index contributed by atoms with van der Waals surface area (Å²) < 4.78 is 12.0. The summed E-state index contributed by atoms with van der Waals surface area (Å²) >= 11 is 0. The maximum absolute atomic E-state index is 13.3. The molecule has 3 aromatic heterocycles. The molecule has 0 aliphatic heterocycles. The fourth-order valence-corrected chi connectivity index (χ4v) is 3.84. The van der Waals surface area contributed by atoms with Crippen molar-refractivity contribution in [1.29, 1.82) is 0 Å². The molecule has 0 N–H and O–H groups in total. The Labute approximate surface area is 167 Å². The van der Waals surface area contributed by atoms with Crippen LogP contribution >= 0.6 is 0 Å². The standard InChI is InChI=1S/C21H25N5O3/c1-12(2)11-24-19(27)17-18(23(5)21(24)28)22-20-25(13(3)14(4)26(17)20)15-8-7-9-16(10-15)29-6/h7-10,12H,11H2,1-6H3. The summed E-state index contributed by atoms with van der Waals surface area (Å²) in [5, 5.41) is 0. The number of fused-ring (bicyclic) bond motifs is 3. The summed E-state index contributed by atoms with van der Waals surface area (Å²) in [4.78, 5) is 30.8. The Kier molecular flexibility index (Phi) is 4.37. The maximum atomic E-state index is 13.3. The van der Waals surface area contributed by atoms with Crippen LogP contribution in [0.5, 0.6) is 5.75 Å². The highest BCUT2D eigenvalue weighted by Crippen LogP contribution is 2.26. The SMILES string of the molecule is COc1cccc(-n2c(C)c(C)n3c4c(=O)n(CC(C)C)c(=O)n(C)c4nc23)c1. The lowest BCUT2D eigenvalue weighted by atomic mass is 10.2. The quantitative estimate of drug-likeness (QED) is 0.532. The Morgan fingerprint density at radius 2 is 1.86 bits per heavy atom. The molecule has 29 heavy (non-hydrogen) atoms. The number of aromatic nitrogens is 5. The van der Waals surface area contributed by atoms with E-state index in [1.807, 2.05) is 60.9 Å². The van der Waals surface area contributed by atoms with Crippen molar-refractivity contribution >= 4 is 16.9 Å². The molecule has 0 radical (unpaired) electrons. The summed E-state index contributed by atoms with van der Waals surface area (Å²) in [7, 11) is 3.28. The van der Waals surface area contributed by atoms with Crippen LogP contribution in [0.2, 0.25) is 0 Å². The molecule has 0 aliphatic carbocycles. The van der Waals surface area contributed by atoms with Crippen molar-refractivity contribution in [3.8, 4) is 11.4 Å². The third-order valence-corrected chi connectivity index (χ3v) is 5.38. The largest absolute Gasteiger partial charge is 0.497 e. The van der Waals surface area contributed by atoms with Crippen LogP contribution in [0.4, 0.5) is 0 Å². The topological polar surface area (TPSA) is 75.5 Å². The molecular formula is C21H25N5O3. The molecule has 8 heteroatoms. The minimum Gasteiger partial charge on any atom is -0.497 e. The van der Waals surface area contributed by atoms with Crippen LogP contribution in [0.15, 0.2) is 33.9 Å². The normalized spacial score (nSPS) is 11.8. The van der Waals surface area contributed by atoms with E-state index in [0.717, 1.165) is 22.8 Å². The Morgan fingerprint density at radius 3 is 2.52 bits per heavy atom. The second-order valence-corrected chi connectivity index (χ2v) is 7.78. The third kappa shape index (κ3) is 2.70. The van der Waals surface area contributed by atoms with Gasteiger partial charge < -0.3 is 4.74 Å². The molecule has 0 bridgehead atoms. The molecule has 8 nitrogen and oxygen atoms in total. The van der Waals surface area contributed by atoms with Crippen molar-refractivity contribution in [1.82, 2.24) is 23.1 Å². The van der Waals surface area contributed by atoms with Gasteiger partial charge in [-0.25, -0.2) is 4.79 Å². The Balaban J connectivity index is 2.15. The summed E-state index contributed by atoms with van der Waals surface area (Å²) in [5.74, 6) is 1.50. The number of hydrogen-bond acceptors (Lipinski definition) is 4. The second-order valence-electron chi connectivity index (χ2n) is 7.78. The molecule has 4 rings (SSSR count). The molecule has 0 unspecified atom stereocenters. The van der Waals surface area contributed by atoms with Gasteiger partial charge in [0.05, 0.1) is 12.8 Å². The summed E-state index contributed by atoms with van der Waals surface area (Å²) in [6.45, 7) is 8.28. The van der Waals surface area contributed by atoms with Crippen LogP contribution in [0.25, 0.3) is 22.6 Å². The molecule has 0 saturated heterocycles. The number of rotatable bonds is 4. The average Bonchev–Trinajstić information content (AvgIpc) is 3.19. The van der Waals surface area contributed by atoms with Gasteiger partial charge >= 0.3 is 5.69 Å². The van der Waals surface area contributed by atoms with Crippen molar-refractivity contribution in [3.63, 3.8) is 0 Å². The van der Waals surface area contributed by atoms with E-state index < -0.39 is 0 Å². The van der Waals surface area contributed by atoms with Gasteiger partial charge in [-0.2, -0.15) is 4.98 Å². The first-order valence-electron chi connectivity index (χ1n) is 9.60. The zero-order valence-electron chi connectivity index (χ0n) is 17.6. The van der Waals surface area contributed by atoms with Crippen LogP contribution in [0, 0.1) is 19.8 Å². The zero-order valence-corrected chi connectivity index (χ0v) is 17.6. The van der Waals surface area contributed by atoms with Crippen LogP contribution < -0.4 is 16.0 Å². The second kappa shape index (κ2) is 6.65. The molecular weight excluding hydrogens is 370 g/mol. The van der Waals surface area contributed by atoms with Gasteiger partial charge in [-0.05, 0) is 31.9 Å². The monoisotopic (exact) mass is 395 g/mol. The van der Waals surface area contributed by atoms with Gasteiger partial charge in [0.2, 0.25) is 5.78 Å². The fourth-order valence-electron chi connectivity index (χ4n) is 3.84. The van der Waals surface area contributed by atoms with Gasteiger partial charge in [0.1, 0.15) is 5.75 Å². The van der Waals surface area contributed by atoms with Crippen LogP contribution in [0.1, 0.15) is 25.2 Å². The van der Waals surface area contributed by atoms with E-state index in [9.17, 15) is 9.59 Å². The van der Waals surface area contributed by atoms with Crippen LogP contribution in [-0.4, -0.2) is 30.2 Å². The molecule has 0 aliphatic rings. The minimum atomic E-state index is -0.348. The average molecular weight is 395 g/mol. The molecule has 152 valence electrons. The fraction of sp³-hybridized carbons (Fsp3) is 0.381. The van der Waals surface area contributed by atoms with E-state index in [1.165, 1.54) is 9.13 Å². The first-order chi connectivity index (χ1) is 13.8. The molecule has 0 atom stereocenters. The van der Waals surface area contributed by atoms with Crippen molar-refractivity contribution < 1.29 is 4.74 Å². The van der Waals surface area contributed by atoms with Crippen LogP contribution in [-0.2, 0) is 13.6 Å². The first kappa shape index (κ1) is 19.0. The number of methoxy groups -OCH3 is 1. The highest BCUT2D eigenvalue weighted by atomic mass is 16.5. The minimum absolute atomic E-state index is 0.172. The van der Waals surface area contributed by atoms with E-state index in [0.29, 0.717) is 23.5 Å². The third-order valence-electron chi connectivity index (χ3n) is 5.38. The summed E-state index contributed by atoms with van der Waals surface area (Å²) in [5.41, 5.74) is 2.89. The first-order valence-corrected chi connectivity index (χ1v) is 9.60. The van der Waals surface area contributed by atoms with E-state index in [2.05, 4.69) is 0 Å². The number of imidazole rings is 2. The number of nitrogens with zero attached hydrogens (tertiary/aromatic N) is 5. The number of ether oxygens (including phenoxy) is 1. The lowest BCUT2D eigenvalue weighted by Gasteiger charge is -2.10. The number of hydrogen-bond donors (Lipinski definition) is 0. The molecule has 0 spiro atoms. The van der Waals surface area contributed by atoms with E-state index in [4.69, 9.17) is 9.72 Å². The van der Waals surface area contributed by atoms with Gasteiger partial charge in [-0.1, -0.05) is 19.9 Å². The Bertz CT molecular complexity index is 1370. The van der Waals surface area contributed by atoms with Gasteiger partial charge in [0.25, 0.3) is 5.56 Å². The molecule has 0 amide bonds. The summed E-state index contributed by atoms with van der Waals surface area (Å²) in [6.07, 6.45) is 0. The number of aryl methyl sites for hydroxylation is 2. The number of benzene rings is 1. The Hall–Kier alpha value is -3.29. The molecule has 0 fully saturated rings. The van der Waals surface area contributed by atoms with Gasteiger partial charge in [0, 0.05) is 31.0 Å². The lowest BCUT2D eigenvalue weighted by molar-refractivity contribution is 0.414. The van der Waals surface area contributed by atoms with Crippen molar-refractivity contribution in [2.75, 3.05) is 7.11 Å². The smallest absolute Gasteiger partial charge is 0.332 e. The molecule has 0 saturated carbocycles. The zero-order chi connectivity index (χ0) is 21.0. The van der Waals surface area contributed by atoms with Crippen molar-refractivity contribution in [2.45, 2.75) is 34.2 Å². The molecule has 3 heterocycles. The van der Waals surface area contributed by atoms with Crippen LogP contribution in [0.3, 0.4) is 0 Å². The highest BCUT2D eigenvalue weighted by Gasteiger charge is 2.23. The highest BCUT2D eigenvalue weighted by molar-refractivity contribution is 5.77. The van der Waals surface area contributed by atoms with Gasteiger partial charge in [0.15, 0.2) is 11.2 Å². The molecule has 1 aromatic carbocycles. The van der Waals surface area contributed by atoms with E-state index in [1.54, 1.807) is 14.2 Å². The van der Waals surface area contributed by atoms with Crippen molar-refractivity contribution in [2.24, 2.45) is 13.0 Å². The summed E-state index contributed by atoms with van der Waals surface area (Å²) in [6, 6.07) is 7.67.